The Morgan fingerprint density at radius 1 is 1.19 bits per heavy atom. The van der Waals surface area contributed by atoms with Gasteiger partial charge in [-0.15, -0.1) is 0 Å². The summed E-state index contributed by atoms with van der Waals surface area (Å²) >= 11 is 0. The standard InChI is InChI=1S/C13H19N3/c1-2-10-7-9(1)8-12(10)15-13-14-5-6-16(13)11-3-4-11/h5-6,9-12H,1-4,7-8H2,(H,14,15). The predicted molar refractivity (Wildman–Crippen MR) is 63.4 cm³/mol. The van der Waals surface area contributed by atoms with Crippen LogP contribution in [0, 0.1) is 11.8 Å². The molecular formula is C13H19N3. The van der Waals surface area contributed by atoms with Gasteiger partial charge < -0.3 is 9.88 Å². The lowest BCUT2D eigenvalue weighted by Gasteiger charge is -2.23. The molecule has 0 radical (unpaired) electrons. The van der Waals surface area contributed by atoms with Crippen molar-refractivity contribution >= 4 is 5.95 Å². The largest absolute Gasteiger partial charge is 0.353 e. The Hall–Kier alpha value is -0.990. The molecule has 86 valence electrons. The summed E-state index contributed by atoms with van der Waals surface area (Å²) in [5.41, 5.74) is 0. The first-order chi connectivity index (χ1) is 7.90. The van der Waals surface area contributed by atoms with E-state index < -0.39 is 0 Å². The molecule has 1 aromatic rings. The fourth-order valence-corrected chi connectivity index (χ4v) is 3.66. The second-order valence-corrected chi connectivity index (χ2v) is 5.81. The zero-order valence-corrected chi connectivity index (χ0v) is 9.60. The first-order valence-electron chi connectivity index (χ1n) is 6.69. The van der Waals surface area contributed by atoms with E-state index in [1.54, 1.807) is 0 Å². The number of fused-ring (bicyclic) bond motifs is 2. The molecule has 0 saturated heterocycles. The minimum atomic E-state index is 0.707. The third-order valence-electron chi connectivity index (χ3n) is 4.66. The lowest BCUT2D eigenvalue weighted by Crippen LogP contribution is -2.27. The van der Waals surface area contributed by atoms with Gasteiger partial charge in [-0.05, 0) is 43.9 Å². The maximum Gasteiger partial charge on any atom is 0.203 e. The van der Waals surface area contributed by atoms with Crippen molar-refractivity contribution in [2.75, 3.05) is 5.32 Å². The molecule has 3 heteroatoms. The molecule has 1 N–H and O–H groups in total. The Balaban J connectivity index is 1.51. The first kappa shape index (κ1) is 9.08. The van der Waals surface area contributed by atoms with Crippen LogP contribution < -0.4 is 5.32 Å². The van der Waals surface area contributed by atoms with Gasteiger partial charge in [-0.1, -0.05) is 6.42 Å². The van der Waals surface area contributed by atoms with Crippen LogP contribution in [0.5, 0.6) is 0 Å². The summed E-state index contributed by atoms with van der Waals surface area (Å²) in [6.45, 7) is 0. The van der Waals surface area contributed by atoms with Crippen LogP contribution in [0.3, 0.4) is 0 Å². The molecule has 1 aromatic heterocycles. The Morgan fingerprint density at radius 3 is 2.81 bits per heavy atom. The molecule has 2 bridgehead atoms. The molecule has 3 aliphatic rings. The molecule has 0 aromatic carbocycles. The van der Waals surface area contributed by atoms with Crippen LogP contribution in [0.4, 0.5) is 5.95 Å². The smallest absolute Gasteiger partial charge is 0.203 e. The number of aromatic nitrogens is 2. The van der Waals surface area contributed by atoms with Crippen molar-refractivity contribution in [2.24, 2.45) is 11.8 Å². The van der Waals surface area contributed by atoms with E-state index in [1.165, 1.54) is 38.5 Å². The van der Waals surface area contributed by atoms with Crippen molar-refractivity contribution in [1.82, 2.24) is 9.55 Å². The summed E-state index contributed by atoms with van der Waals surface area (Å²) in [4.78, 5) is 4.48. The molecule has 1 heterocycles. The van der Waals surface area contributed by atoms with E-state index in [2.05, 4.69) is 21.1 Å². The summed E-state index contributed by atoms with van der Waals surface area (Å²) in [6.07, 6.45) is 12.5. The van der Waals surface area contributed by atoms with E-state index in [0.29, 0.717) is 6.04 Å². The predicted octanol–water partition coefficient (Wildman–Crippen LogP) is 2.82. The molecule has 16 heavy (non-hydrogen) atoms. The number of hydrogen-bond acceptors (Lipinski definition) is 2. The average Bonchev–Trinajstić information content (AvgIpc) is 2.76. The van der Waals surface area contributed by atoms with Gasteiger partial charge in [0.1, 0.15) is 0 Å². The Morgan fingerprint density at radius 2 is 2.12 bits per heavy atom. The third-order valence-corrected chi connectivity index (χ3v) is 4.66. The van der Waals surface area contributed by atoms with Crippen molar-refractivity contribution in [3.8, 4) is 0 Å². The fraction of sp³-hybridized carbons (Fsp3) is 0.769. The van der Waals surface area contributed by atoms with Crippen LogP contribution in [0.15, 0.2) is 12.4 Å². The van der Waals surface area contributed by atoms with Crippen LogP contribution >= 0.6 is 0 Å². The van der Waals surface area contributed by atoms with Gasteiger partial charge in [0.15, 0.2) is 0 Å². The maximum absolute atomic E-state index is 4.48. The topological polar surface area (TPSA) is 29.9 Å². The fourth-order valence-electron chi connectivity index (χ4n) is 3.66. The number of nitrogens with one attached hydrogen (secondary N) is 1. The van der Waals surface area contributed by atoms with E-state index in [1.807, 2.05) is 6.20 Å². The monoisotopic (exact) mass is 217 g/mol. The maximum atomic E-state index is 4.48. The molecule has 3 unspecified atom stereocenters. The van der Waals surface area contributed by atoms with E-state index >= 15 is 0 Å². The highest BCUT2D eigenvalue weighted by Gasteiger charge is 2.40. The molecule has 0 aliphatic heterocycles. The number of anilines is 1. The normalized spacial score (nSPS) is 36.9. The molecule has 3 fully saturated rings. The number of imidazole rings is 1. The van der Waals surface area contributed by atoms with Crippen LogP contribution in [0.1, 0.15) is 44.6 Å². The van der Waals surface area contributed by atoms with Gasteiger partial charge in [0, 0.05) is 24.5 Å². The van der Waals surface area contributed by atoms with Gasteiger partial charge >= 0.3 is 0 Å². The number of hydrogen-bond donors (Lipinski definition) is 1. The molecule has 3 saturated carbocycles. The van der Waals surface area contributed by atoms with Gasteiger partial charge in [-0.3, -0.25) is 0 Å². The van der Waals surface area contributed by atoms with Crippen molar-refractivity contribution in [1.29, 1.82) is 0 Å². The SMILES string of the molecule is c1cn(C2CC2)c(NC2CC3CCC2C3)n1. The Bertz CT molecular complexity index is 394. The van der Waals surface area contributed by atoms with Crippen LogP contribution in [-0.2, 0) is 0 Å². The summed E-state index contributed by atoms with van der Waals surface area (Å²) < 4.78 is 2.34. The summed E-state index contributed by atoms with van der Waals surface area (Å²) in [7, 11) is 0. The summed E-state index contributed by atoms with van der Waals surface area (Å²) in [6, 6.07) is 1.45. The molecule has 3 nitrogen and oxygen atoms in total. The summed E-state index contributed by atoms with van der Waals surface area (Å²) in [5.74, 6) is 3.06. The van der Waals surface area contributed by atoms with E-state index in [0.717, 1.165) is 23.8 Å². The van der Waals surface area contributed by atoms with Crippen molar-refractivity contribution in [2.45, 2.75) is 50.6 Å². The van der Waals surface area contributed by atoms with E-state index in [4.69, 9.17) is 0 Å². The quantitative estimate of drug-likeness (QED) is 0.843. The number of rotatable bonds is 3. The van der Waals surface area contributed by atoms with Crippen LogP contribution in [0.25, 0.3) is 0 Å². The third kappa shape index (κ3) is 1.37. The highest BCUT2D eigenvalue weighted by molar-refractivity contribution is 5.30. The zero-order valence-electron chi connectivity index (χ0n) is 9.60. The Kier molecular flexibility index (Phi) is 1.85. The van der Waals surface area contributed by atoms with Gasteiger partial charge in [0.2, 0.25) is 5.95 Å². The summed E-state index contributed by atoms with van der Waals surface area (Å²) in [5, 5.41) is 3.69. The van der Waals surface area contributed by atoms with E-state index in [-0.39, 0.29) is 0 Å². The molecule has 0 amide bonds. The molecule has 3 aliphatic carbocycles. The second kappa shape index (κ2) is 3.25. The van der Waals surface area contributed by atoms with Crippen LogP contribution in [0.2, 0.25) is 0 Å². The Labute approximate surface area is 96.3 Å². The lowest BCUT2D eigenvalue weighted by molar-refractivity contribution is 0.436. The average molecular weight is 217 g/mol. The van der Waals surface area contributed by atoms with Gasteiger partial charge in [0.05, 0.1) is 0 Å². The van der Waals surface area contributed by atoms with Crippen molar-refractivity contribution in [3.63, 3.8) is 0 Å². The highest BCUT2D eigenvalue weighted by atomic mass is 15.2. The van der Waals surface area contributed by atoms with Crippen molar-refractivity contribution in [3.05, 3.63) is 12.4 Å². The zero-order chi connectivity index (χ0) is 10.5. The molecule has 4 rings (SSSR count). The minimum Gasteiger partial charge on any atom is -0.353 e. The van der Waals surface area contributed by atoms with Gasteiger partial charge in [-0.25, -0.2) is 4.98 Å². The second-order valence-electron chi connectivity index (χ2n) is 5.81. The van der Waals surface area contributed by atoms with Gasteiger partial charge in [0.25, 0.3) is 0 Å². The number of nitrogens with zero attached hydrogens (tertiary/aromatic N) is 2. The molecule has 3 atom stereocenters. The highest BCUT2D eigenvalue weighted by Crippen LogP contribution is 2.46. The van der Waals surface area contributed by atoms with E-state index in [9.17, 15) is 0 Å². The van der Waals surface area contributed by atoms with Gasteiger partial charge in [-0.2, -0.15) is 0 Å². The van der Waals surface area contributed by atoms with Crippen molar-refractivity contribution < 1.29 is 0 Å². The molecular weight excluding hydrogens is 198 g/mol. The first-order valence-corrected chi connectivity index (χ1v) is 6.69. The minimum absolute atomic E-state index is 0.707. The van der Waals surface area contributed by atoms with Crippen LogP contribution in [-0.4, -0.2) is 15.6 Å². The molecule has 0 spiro atoms. The lowest BCUT2D eigenvalue weighted by atomic mass is 9.95.